The van der Waals surface area contributed by atoms with Crippen molar-refractivity contribution in [3.8, 4) is 0 Å². The summed E-state index contributed by atoms with van der Waals surface area (Å²) in [6.07, 6.45) is -1.07. The Balaban J connectivity index is 1.59. The molecule has 0 aliphatic heterocycles. The number of hydrogen-bond donors (Lipinski definition) is 0. The van der Waals surface area contributed by atoms with Crippen LogP contribution in [0.25, 0.3) is 0 Å². The van der Waals surface area contributed by atoms with Crippen molar-refractivity contribution in [2.24, 2.45) is 17.8 Å². The van der Waals surface area contributed by atoms with E-state index in [2.05, 4.69) is 0 Å². The lowest BCUT2D eigenvalue weighted by atomic mass is 10.0. The maximum absolute atomic E-state index is 12.5. The predicted octanol–water partition coefficient (Wildman–Crippen LogP) is 3.71. The summed E-state index contributed by atoms with van der Waals surface area (Å²) in [5, 5.41) is 0. The quantitative estimate of drug-likeness (QED) is 0.833. The first-order valence-corrected chi connectivity index (χ1v) is 7.25. The zero-order chi connectivity index (χ0) is 15.2. The van der Waals surface area contributed by atoms with Gasteiger partial charge < -0.3 is 4.90 Å². The molecule has 0 spiro atoms. The summed E-state index contributed by atoms with van der Waals surface area (Å²) in [6.45, 7) is 0.364. The fraction of sp³-hybridized carbons (Fsp3) is 0.562. The molecular weight excluding hydrogens is 279 g/mol. The van der Waals surface area contributed by atoms with Gasteiger partial charge in [0, 0.05) is 19.5 Å². The van der Waals surface area contributed by atoms with Gasteiger partial charge in [0.15, 0.2) is 0 Å². The molecule has 0 radical (unpaired) electrons. The molecular formula is C16H18F3NO. The van der Waals surface area contributed by atoms with E-state index < -0.39 is 11.7 Å². The topological polar surface area (TPSA) is 20.3 Å². The molecule has 0 aromatic heterocycles. The van der Waals surface area contributed by atoms with Crippen LogP contribution in [0.3, 0.4) is 0 Å². The van der Waals surface area contributed by atoms with Crippen molar-refractivity contribution >= 4 is 5.91 Å². The van der Waals surface area contributed by atoms with Gasteiger partial charge in [-0.2, -0.15) is 13.2 Å². The van der Waals surface area contributed by atoms with E-state index in [0.717, 1.165) is 42.4 Å². The van der Waals surface area contributed by atoms with Crippen molar-refractivity contribution < 1.29 is 18.0 Å². The highest BCUT2D eigenvalue weighted by atomic mass is 19.4. The smallest absolute Gasteiger partial charge is 0.341 e. The molecule has 1 aromatic carbocycles. The van der Waals surface area contributed by atoms with Crippen LogP contribution in [0.2, 0.25) is 0 Å². The summed E-state index contributed by atoms with van der Waals surface area (Å²) in [4.78, 5) is 13.9. The Labute approximate surface area is 121 Å². The molecule has 0 saturated heterocycles. The fourth-order valence-corrected chi connectivity index (χ4v) is 3.38. The molecule has 2 nitrogen and oxygen atoms in total. The summed E-state index contributed by atoms with van der Waals surface area (Å²) >= 11 is 0. The Morgan fingerprint density at radius 3 is 2.24 bits per heavy atom. The Hall–Kier alpha value is -1.52. The standard InChI is InChI=1S/C16H18F3NO/c1-20(15(21)13-7-11-6-12(11)8-13)9-10-2-4-14(5-3-10)16(17,18)19/h2-5,11-13H,6-9H2,1H3. The number of amides is 1. The Morgan fingerprint density at radius 2 is 1.71 bits per heavy atom. The largest absolute Gasteiger partial charge is 0.416 e. The average molecular weight is 297 g/mol. The zero-order valence-corrected chi connectivity index (χ0v) is 11.9. The third-order valence-electron chi connectivity index (χ3n) is 4.67. The highest BCUT2D eigenvalue weighted by Crippen LogP contribution is 2.54. The van der Waals surface area contributed by atoms with Crippen molar-refractivity contribution in [1.82, 2.24) is 4.90 Å². The molecule has 2 unspecified atom stereocenters. The summed E-state index contributed by atoms with van der Waals surface area (Å²) in [5.41, 5.74) is 0.0677. The van der Waals surface area contributed by atoms with Crippen LogP contribution >= 0.6 is 0 Å². The number of carbonyl (C=O) groups is 1. The molecule has 0 N–H and O–H groups in total. The summed E-state index contributed by atoms with van der Waals surface area (Å²) < 4.78 is 37.5. The van der Waals surface area contributed by atoms with Gasteiger partial charge in [0.25, 0.3) is 0 Å². The molecule has 2 atom stereocenters. The molecule has 1 aromatic rings. The van der Waals surface area contributed by atoms with E-state index >= 15 is 0 Å². The average Bonchev–Trinajstić information content (AvgIpc) is 3.04. The van der Waals surface area contributed by atoms with Gasteiger partial charge in [-0.15, -0.1) is 0 Å². The summed E-state index contributed by atoms with van der Waals surface area (Å²) in [7, 11) is 1.73. The SMILES string of the molecule is CN(Cc1ccc(C(F)(F)F)cc1)C(=O)C1CC2CC2C1. The lowest BCUT2D eigenvalue weighted by Gasteiger charge is -2.22. The third-order valence-corrected chi connectivity index (χ3v) is 4.67. The molecule has 2 aliphatic rings. The molecule has 114 valence electrons. The van der Waals surface area contributed by atoms with Crippen LogP contribution < -0.4 is 0 Å². The van der Waals surface area contributed by atoms with Gasteiger partial charge in [-0.25, -0.2) is 0 Å². The first-order valence-electron chi connectivity index (χ1n) is 7.25. The first kappa shape index (κ1) is 14.4. The molecule has 3 rings (SSSR count). The van der Waals surface area contributed by atoms with Crippen molar-refractivity contribution in [3.63, 3.8) is 0 Å². The molecule has 2 aliphatic carbocycles. The van der Waals surface area contributed by atoms with Gasteiger partial charge in [-0.05, 0) is 48.8 Å². The van der Waals surface area contributed by atoms with Gasteiger partial charge in [-0.3, -0.25) is 4.79 Å². The van der Waals surface area contributed by atoms with E-state index in [0.29, 0.717) is 6.54 Å². The minimum Gasteiger partial charge on any atom is -0.341 e. The van der Waals surface area contributed by atoms with Crippen molar-refractivity contribution in [2.75, 3.05) is 7.05 Å². The van der Waals surface area contributed by atoms with Gasteiger partial charge >= 0.3 is 6.18 Å². The highest BCUT2D eigenvalue weighted by Gasteiger charge is 2.48. The highest BCUT2D eigenvalue weighted by molar-refractivity contribution is 5.79. The second-order valence-electron chi connectivity index (χ2n) is 6.31. The van der Waals surface area contributed by atoms with E-state index in [4.69, 9.17) is 0 Å². The maximum Gasteiger partial charge on any atom is 0.416 e. The fourth-order valence-electron chi connectivity index (χ4n) is 3.38. The lowest BCUT2D eigenvalue weighted by molar-refractivity contribution is -0.138. The van der Waals surface area contributed by atoms with Gasteiger partial charge in [0.2, 0.25) is 5.91 Å². The monoisotopic (exact) mass is 297 g/mol. The van der Waals surface area contributed by atoms with E-state index in [1.807, 2.05) is 0 Å². The molecule has 5 heteroatoms. The molecule has 0 heterocycles. The van der Waals surface area contributed by atoms with Crippen molar-refractivity contribution in [3.05, 3.63) is 35.4 Å². The normalized spacial score (nSPS) is 27.3. The second-order valence-corrected chi connectivity index (χ2v) is 6.31. The minimum atomic E-state index is -4.31. The molecule has 21 heavy (non-hydrogen) atoms. The molecule has 2 saturated carbocycles. The number of halogens is 3. The Bertz CT molecular complexity index is 527. The number of rotatable bonds is 3. The van der Waals surface area contributed by atoms with Crippen molar-refractivity contribution in [2.45, 2.75) is 32.0 Å². The number of hydrogen-bond acceptors (Lipinski definition) is 1. The van der Waals surface area contributed by atoms with Gasteiger partial charge in [0.05, 0.1) is 5.56 Å². The number of carbonyl (C=O) groups excluding carboxylic acids is 1. The number of benzene rings is 1. The van der Waals surface area contributed by atoms with E-state index in [1.165, 1.54) is 18.6 Å². The van der Waals surface area contributed by atoms with Crippen LogP contribution in [0, 0.1) is 17.8 Å². The van der Waals surface area contributed by atoms with Crippen LogP contribution in [-0.2, 0) is 17.5 Å². The molecule has 0 bridgehead atoms. The van der Waals surface area contributed by atoms with Crippen LogP contribution in [0.1, 0.15) is 30.4 Å². The van der Waals surface area contributed by atoms with E-state index in [9.17, 15) is 18.0 Å². The minimum absolute atomic E-state index is 0.119. The van der Waals surface area contributed by atoms with Crippen LogP contribution in [0.5, 0.6) is 0 Å². The molecule has 2 fully saturated rings. The summed E-state index contributed by atoms with van der Waals surface area (Å²) in [6, 6.07) is 5.02. The maximum atomic E-state index is 12.5. The van der Waals surface area contributed by atoms with Crippen LogP contribution in [-0.4, -0.2) is 17.9 Å². The van der Waals surface area contributed by atoms with E-state index in [-0.39, 0.29) is 11.8 Å². The number of nitrogens with zero attached hydrogens (tertiary/aromatic N) is 1. The van der Waals surface area contributed by atoms with E-state index in [1.54, 1.807) is 11.9 Å². The number of fused-ring (bicyclic) bond motifs is 1. The number of alkyl halides is 3. The van der Waals surface area contributed by atoms with Gasteiger partial charge in [0.1, 0.15) is 0 Å². The van der Waals surface area contributed by atoms with Gasteiger partial charge in [-0.1, -0.05) is 12.1 Å². The second kappa shape index (κ2) is 5.04. The molecule has 1 amide bonds. The lowest BCUT2D eigenvalue weighted by Crippen LogP contribution is -2.32. The zero-order valence-electron chi connectivity index (χ0n) is 11.9. The third kappa shape index (κ3) is 3.06. The van der Waals surface area contributed by atoms with Crippen molar-refractivity contribution in [1.29, 1.82) is 0 Å². The summed E-state index contributed by atoms with van der Waals surface area (Å²) in [5.74, 6) is 1.74. The first-order chi connectivity index (χ1) is 9.84. The van der Waals surface area contributed by atoms with Crippen LogP contribution in [0.15, 0.2) is 24.3 Å². The Morgan fingerprint density at radius 1 is 1.14 bits per heavy atom. The van der Waals surface area contributed by atoms with Crippen LogP contribution in [0.4, 0.5) is 13.2 Å². The Kier molecular flexibility index (Phi) is 3.46. The predicted molar refractivity (Wildman–Crippen MR) is 72.2 cm³/mol.